The van der Waals surface area contributed by atoms with Crippen LogP contribution in [-0.2, 0) is 9.53 Å². The van der Waals surface area contributed by atoms with E-state index in [0.717, 1.165) is 5.56 Å². The van der Waals surface area contributed by atoms with Crippen LogP contribution in [-0.4, -0.2) is 19.2 Å². The molecule has 0 saturated carbocycles. The van der Waals surface area contributed by atoms with Gasteiger partial charge in [0.15, 0.2) is 5.43 Å². The fraction of sp³-hybridized carbons (Fsp3) is 0.200. The fourth-order valence-corrected chi connectivity index (χ4v) is 2.43. The molecule has 0 bridgehead atoms. The Hall–Kier alpha value is -3.08. The first-order chi connectivity index (χ1) is 12.1. The number of carbonyl (C=O) groups is 1. The Bertz CT molecular complexity index is 928. The highest BCUT2D eigenvalue weighted by atomic mass is 16.5. The summed E-state index contributed by atoms with van der Waals surface area (Å²) in [5, 5.41) is 0.506. The summed E-state index contributed by atoms with van der Waals surface area (Å²) in [7, 11) is 0. The number of carbonyl (C=O) groups excluding carboxylic acids is 1. The second kappa shape index (κ2) is 7.66. The van der Waals surface area contributed by atoms with E-state index in [4.69, 9.17) is 13.9 Å². The van der Waals surface area contributed by atoms with E-state index in [9.17, 15) is 9.59 Å². The number of ether oxygens (including phenoxy) is 2. The number of hydrogen-bond donors (Lipinski definition) is 0. The van der Waals surface area contributed by atoms with Gasteiger partial charge in [-0.05, 0) is 12.1 Å². The lowest BCUT2D eigenvalue weighted by Gasteiger charge is -2.08. The minimum Gasteiger partial charge on any atom is -0.493 e. The number of rotatable bonds is 6. The summed E-state index contributed by atoms with van der Waals surface area (Å²) < 4.78 is 16.4. The lowest BCUT2D eigenvalue weighted by atomic mass is 10.1. The molecule has 25 heavy (non-hydrogen) atoms. The van der Waals surface area contributed by atoms with Gasteiger partial charge in [0.1, 0.15) is 17.1 Å². The summed E-state index contributed by atoms with van der Waals surface area (Å²) in [4.78, 5) is 23.0. The van der Waals surface area contributed by atoms with Crippen LogP contribution in [0.4, 0.5) is 0 Å². The Balaban J connectivity index is 1.79. The molecule has 128 valence electrons. The molecular weight excluding hydrogens is 320 g/mol. The number of benzene rings is 2. The molecular formula is C20H18O5. The lowest BCUT2D eigenvalue weighted by molar-refractivity contribution is -0.141. The zero-order chi connectivity index (χ0) is 17.6. The highest BCUT2D eigenvalue weighted by molar-refractivity contribution is 5.80. The van der Waals surface area contributed by atoms with Crippen molar-refractivity contribution in [1.82, 2.24) is 0 Å². The van der Waals surface area contributed by atoms with Crippen LogP contribution in [0.5, 0.6) is 5.75 Å². The molecule has 0 radical (unpaired) electrons. The van der Waals surface area contributed by atoms with Crippen molar-refractivity contribution in [2.75, 3.05) is 13.2 Å². The Labute approximate surface area is 144 Å². The van der Waals surface area contributed by atoms with E-state index in [2.05, 4.69) is 0 Å². The summed E-state index contributed by atoms with van der Waals surface area (Å²) >= 11 is 0. The molecule has 3 rings (SSSR count). The average Bonchev–Trinajstić information content (AvgIpc) is 2.61. The van der Waals surface area contributed by atoms with Gasteiger partial charge in [0.2, 0.25) is 0 Å². The second-order valence-corrected chi connectivity index (χ2v) is 5.54. The summed E-state index contributed by atoms with van der Waals surface area (Å²) in [6, 6.07) is 16.1. The Kier molecular flexibility index (Phi) is 5.14. The van der Waals surface area contributed by atoms with E-state index >= 15 is 0 Å². The van der Waals surface area contributed by atoms with Crippen LogP contribution in [0, 0.1) is 0 Å². The number of esters is 1. The van der Waals surface area contributed by atoms with Gasteiger partial charge in [-0.1, -0.05) is 30.3 Å². The molecule has 0 amide bonds. The first kappa shape index (κ1) is 16.8. The van der Waals surface area contributed by atoms with Crippen molar-refractivity contribution in [3.05, 3.63) is 64.8 Å². The van der Waals surface area contributed by atoms with Crippen LogP contribution < -0.4 is 10.2 Å². The molecule has 0 saturated heterocycles. The quantitative estimate of drug-likeness (QED) is 0.505. The van der Waals surface area contributed by atoms with Crippen LogP contribution in [0.2, 0.25) is 0 Å². The standard InChI is InChI=1S/C20H18O5/c1-14(21)23-10-5-11-24-16-8-9-17-18(22)13-19(25-20(17)12-16)15-6-3-2-4-7-15/h2-4,6-9,12-13H,5,10-11H2,1H3. The highest BCUT2D eigenvalue weighted by Gasteiger charge is 2.08. The van der Waals surface area contributed by atoms with Crippen LogP contribution >= 0.6 is 0 Å². The number of hydrogen-bond acceptors (Lipinski definition) is 5. The number of fused-ring (bicyclic) bond motifs is 1. The SMILES string of the molecule is CC(=O)OCCCOc1ccc2c(=O)cc(-c3ccccc3)oc2c1. The Morgan fingerprint density at radius 2 is 1.84 bits per heavy atom. The maximum atomic E-state index is 12.3. The van der Waals surface area contributed by atoms with E-state index in [1.54, 1.807) is 18.2 Å². The molecule has 0 atom stereocenters. The van der Waals surface area contributed by atoms with Gasteiger partial charge in [-0.15, -0.1) is 0 Å². The summed E-state index contributed by atoms with van der Waals surface area (Å²) in [6.45, 7) is 2.09. The van der Waals surface area contributed by atoms with Crippen molar-refractivity contribution >= 4 is 16.9 Å². The van der Waals surface area contributed by atoms with Gasteiger partial charge < -0.3 is 13.9 Å². The third kappa shape index (κ3) is 4.26. The molecule has 0 N–H and O–H groups in total. The van der Waals surface area contributed by atoms with Crippen molar-refractivity contribution in [3.8, 4) is 17.1 Å². The van der Waals surface area contributed by atoms with Gasteiger partial charge >= 0.3 is 5.97 Å². The van der Waals surface area contributed by atoms with Crippen molar-refractivity contribution in [1.29, 1.82) is 0 Å². The molecule has 0 aliphatic carbocycles. The fourth-order valence-electron chi connectivity index (χ4n) is 2.43. The highest BCUT2D eigenvalue weighted by Crippen LogP contribution is 2.24. The van der Waals surface area contributed by atoms with E-state index < -0.39 is 0 Å². The van der Waals surface area contributed by atoms with Crippen molar-refractivity contribution < 1.29 is 18.7 Å². The van der Waals surface area contributed by atoms with E-state index in [1.807, 2.05) is 30.3 Å². The molecule has 1 heterocycles. The molecule has 5 heteroatoms. The van der Waals surface area contributed by atoms with Gasteiger partial charge in [0.25, 0.3) is 0 Å². The molecule has 1 aromatic heterocycles. The van der Waals surface area contributed by atoms with E-state index in [0.29, 0.717) is 42.1 Å². The first-order valence-corrected chi connectivity index (χ1v) is 8.03. The molecule has 5 nitrogen and oxygen atoms in total. The maximum absolute atomic E-state index is 12.3. The molecule has 2 aromatic carbocycles. The molecule has 0 unspecified atom stereocenters. The van der Waals surface area contributed by atoms with Gasteiger partial charge in [0, 0.05) is 31.0 Å². The van der Waals surface area contributed by atoms with Gasteiger partial charge in [0.05, 0.1) is 18.6 Å². The topological polar surface area (TPSA) is 65.7 Å². The summed E-state index contributed by atoms with van der Waals surface area (Å²) in [5.74, 6) is 0.815. The zero-order valence-corrected chi connectivity index (χ0v) is 13.9. The maximum Gasteiger partial charge on any atom is 0.302 e. The third-order valence-electron chi connectivity index (χ3n) is 3.62. The molecule has 0 fully saturated rings. The third-order valence-corrected chi connectivity index (χ3v) is 3.62. The van der Waals surface area contributed by atoms with Crippen LogP contribution in [0.3, 0.4) is 0 Å². The van der Waals surface area contributed by atoms with E-state index in [-0.39, 0.29) is 11.4 Å². The largest absolute Gasteiger partial charge is 0.493 e. The molecule has 0 aliphatic rings. The smallest absolute Gasteiger partial charge is 0.302 e. The average molecular weight is 338 g/mol. The van der Waals surface area contributed by atoms with Gasteiger partial charge in [-0.25, -0.2) is 0 Å². The van der Waals surface area contributed by atoms with Crippen molar-refractivity contribution in [3.63, 3.8) is 0 Å². The van der Waals surface area contributed by atoms with Crippen LogP contribution in [0.25, 0.3) is 22.3 Å². The summed E-state index contributed by atoms with van der Waals surface area (Å²) in [5.41, 5.74) is 1.22. The van der Waals surface area contributed by atoms with Gasteiger partial charge in [-0.2, -0.15) is 0 Å². The minimum absolute atomic E-state index is 0.0958. The molecule has 3 aromatic rings. The normalized spacial score (nSPS) is 10.6. The van der Waals surface area contributed by atoms with Crippen LogP contribution in [0.15, 0.2) is 63.8 Å². The first-order valence-electron chi connectivity index (χ1n) is 8.03. The Morgan fingerprint density at radius 3 is 2.60 bits per heavy atom. The molecule has 0 spiro atoms. The summed E-state index contributed by atoms with van der Waals surface area (Å²) in [6.07, 6.45) is 0.589. The monoisotopic (exact) mass is 338 g/mol. The minimum atomic E-state index is -0.305. The predicted octanol–water partition coefficient (Wildman–Crippen LogP) is 3.79. The van der Waals surface area contributed by atoms with Gasteiger partial charge in [-0.3, -0.25) is 9.59 Å². The second-order valence-electron chi connectivity index (χ2n) is 5.54. The van der Waals surface area contributed by atoms with Crippen molar-refractivity contribution in [2.45, 2.75) is 13.3 Å². The van der Waals surface area contributed by atoms with E-state index in [1.165, 1.54) is 13.0 Å². The zero-order valence-electron chi connectivity index (χ0n) is 13.9. The predicted molar refractivity (Wildman–Crippen MR) is 94.7 cm³/mol. The Morgan fingerprint density at radius 1 is 1.04 bits per heavy atom. The lowest BCUT2D eigenvalue weighted by Crippen LogP contribution is -2.06. The molecule has 0 aliphatic heterocycles. The van der Waals surface area contributed by atoms with Crippen LogP contribution in [0.1, 0.15) is 13.3 Å². The van der Waals surface area contributed by atoms with Crippen molar-refractivity contribution in [2.24, 2.45) is 0 Å².